The van der Waals surface area contributed by atoms with E-state index in [4.69, 9.17) is 0 Å². The van der Waals surface area contributed by atoms with Crippen LogP contribution in [0.25, 0.3) is 0 Å². The molecule has 0 spiro atoms. The molecule has 0 aliphatic carbocycles. The van der Waals surface area contributed by atoms with Gasteiger partial charge in [0.05, 0.1) is 12.5 Å². The third-order valence-corrected chi connectivity index (χ3v) is 3.57. The van der Waals surface area contributed by atoms with Crippen molar-refractivity contribution >= 4 is 24.2 Å². The zero-order valence-corrected chi connectivity index (χ0v) is 11.8. The van der Waals surface area contributed by atoms with Gasteiger partial charge in [0.2, 0.25) is 11.8 Å². The Labute approximate surface area is 118 Å². The monoisotopic (exact) mass is 293 g/mol. The van der Waals surface area contributed by atoms with Gasteiger partial charge in [0.1, 0.15) is 6.67 Å². The molecule has 2 amide bonds. The van der Waals surface area contributed by atoms with Crippen molar-refractivity contribution in [3.8, 4) is 0 Å². The summed E-state index contributed by atoms with van der Waals surface area (Å²) >= 11 is 0. The third-order valence-electron chi connectivity index (χ3n) is 3.57. The lowest BCUT2D eigenvalue weighted by atomic mass is 10.1. The minimum absolute atomic E-state index is 0. The van der Waals surface area contributed by atoms with E-state index >= 15 is 0 Å². The second kappa shape index (κ2) is 7.65. The van der Waals surface area contributed by atoms with Gasteiger partial charge in [-0.05, 0) is 12.8 Å². The number of nitrogens with zero attached hydrogens (tertiary/aromatic N) is 2. The largest absolute Gasteiger partial charge is 0.343 e. The highest BCUT2D eigenvalue weighted by Gasteiger charge is 2.31. The lowest BCUT2D eigenvalue weighted by Gasteiger charge is -2.33. The van der Waals surface area contributed by atoms with Crippen molar-refractivity contribution in [3.63, 3.8) is 0 Å². The van der Waals surface area contributed by atoms with Crippen molar-refractivity contribution in [1.29, 1.82) is 0 Å². The zero-order valence-electron chi connectivity index (χ0n) is 10.9. The van der Waals surface area contributed by atoms with Crippen LogP contribution in [0.2, 0.25) is 0 Å². The number of rotatable bonds is 4. The van der Waals surface area contributed by atoms with Crippen LogP contribution in [0.15, 0.2) is 0 Å². The molecule has 0 bridgehead atoms. The summed E-state index contributed by atoms with van der Waals surface area (Å²) in [7, 11) is 0. The molecule has 2 saturated heterocycles. The molecule has 5 nitrogen and oxygen atoms in total. The van der Waals surface area contributed by atoms with E-state index in [1.165, 1.54) is 4.90 Å². The van der Waals surface area contributed by atoms with Crippen molar-refractivity contribution in [1.82, 2.24) is 15.1 Å². The average Bonchev–Trinajstić information content (AvgIpc) is 2.88. The zero-order chi connectivity index (χ0) is 13.0. The second-order valence-corrected chi connectivity index (χ2v) is 4.81. The fourth-order valence-electron chi connectivity index (χ4n) is 2.55. The topological polar surface area (TPSA) is 52.7 Å². The molecule has 0 radical (unpaired) electrons. The summed E-state index contributed by atoms with van der Waals surface area (Å²) in [6.07, 6.45) is 2.29. The highest BCUT2D eigenvalue weighted by Crippen LogP contribution is 2.12. The minimum Gasteiger partial charge on any atom is -0.343 e. The van der Waals surface area contributed by atoms with Gasteiger partial charge >= 0.3 is 0 Å². The molecule has 2 aliphatic heterocycles. The van der Waals surface area contributed by atoms with E-state index in [1.807, 2.05) is 4.90 Å². The summed E-state index contributed by atoms with van der Waals surface area (Å²) in [5.41, 5.74) is 0. The Morgan fingerprint density at radius 2 is 2.00 bits per heavy atom. The molecular formula is C12H21ClFN3O2. The lowest BCUT2D eigenvalue weighted by molar-refractivity contribution is -0.140. The maximum Gasteiger partial charge on any atom is 0.240 e. The van der Waals surface area contributed by atoms with Crippen LogP contribution in [0.3, 0.4) is 0 Å². The third kappa shape index (κ3) is 4.04. The fraction of sp³-hybridized carbons (Fsp3) is 0.833. The van der Waals surface area contributed by atoms with E-state index < -0.39 is 12.7 Å². The molecule has 1 atom stereocenters. The Kier molecular flexibility index (Phi) is 6.51. The lowest BCUT2D eigenvalue weighted by Crippen LogP contribution is -2.56. The van der Waals surface area contributed by atoms with Crippen LogP contribution < -0.4 is 5.32 Å². The quantitative estimate of drug-likeness (QED) is 0.805. The molecule has 0 aromatic rings. The number of piperazine rings is 1. The SMILES string of the molecule is Cl.O=C(CC1NCCN(CCF)C1=O)N1CCCC1. The molecule has 2 aliphatic rings. The van der Waals surface area contributed by atoms with Crippen LogP contribution in [0.1, 0.15) is 19.3 Å². The van der Waals surface area contributed by atoms with E-state index in [2.05, 4.69) is 5.32 Å². The Morgan fingerprint density at radius 3 is 2.63 bits per heavy atom. The molecule has 1 N–H and O–H groups in total. The van der Waals surface area contributed by atoms with Crippen molar-refractivity contribution < 1.29 is 14.0 Å². The maximum absolute atomic E-state index is 12.3. The van der Waals surface area contributed by atoms with E-state index in [0.717, 1.165) is 25.9 Å². The molecule has 7 heteroatoms. The van der Waals surface area contributed by atoms with Gasteiger partial charge in [-0.15, -0.1) is 12.4 Å². The summed E-state index contributed by atoms with van der Waals surface area (Å²) in [5.74, 6) is -0.119. The van der Waals surface area contributed by atoms with Gasteiger partial charge in [-0.1, -0.05) is 0 Å². The molecule has 19 heavy (non-hydrogen) atoms. The number of alkyl halides is 1. The van der Waals surface area contributed by atoms with Crippen LogP contribution >= 0.6 is 12.4 Å². The number of halogens is 2. The summed E-state index contributed by atoms with van der Waals surface area (Å²) in [5, 5.41) is 3.05. The summed E-state index contributed by atoms with van der Waals surface area (Å²) in [6, 6.07) is -0.474. The number of hydrogen-bond donors (Lipinski definition) is 1. The second-order valence-electron chi connectivity index (χ2n) is 4.81. The molecule has 2 heterocycles. The highest BCUT2D eigenvalue weighted by atomic mass is 35.5. The summed E-state index contributed by atoms with van der Waals surface area (Å²) in [4.78, 5) is 27.3. The van der Waals surface area contributed by atoms with Crippen molar-refractivity contribution in [2.24, 2.45) is 0 Å². The molecular weight excluding hydrogens is 273 g/mol. The Morgan fingerprint density at radius 1 is 1.32 bits per heavy atom. The van der Waals surface area contributed by atoms with Crippen LogP contribution in [0.5, 0.6) is 0 Å². The van der Waals surface area contributed by atoms with E-state index in [9.17, 15) is 14.0 Å². The van der Waals surface area contributed by atoms with E-state index in [1.54, 1.807) is 0 Å². The fourth-order valence-corrected chi connectivity index (χ4v) is 2.55. The first kappa shape index (κ1) is 16.2. The number of hydrogen-bond acceptors (Lipinski definition) is 3. The minimum atomic E-state index is -0.529. The van der Waals surface area contributed by atoms with E-state index in [0.29, 0.717) is 13.1 Å². The van der Waals surface area contributed by atoms with Crippen LogP contribution in [-0.4, -0.2) is 67.1 Å². The van der Waals surface area contributed by atoms with Crippen molar-refractivity contribution in [2.45, 2.75) is 25.3 Å². The van der Waals surface area contributed by atoms with Crippen molar-refractivity contribution in [2.75, 3.05) is 39.4 Å². The van der Waals surface area contributed by atoms with E-state index in [-0.39, 0.29) is 37.2 Å². The first-order valence-corrected chi connectivity index (χ1v) is 6.58. The molecule has 110 valence electrons. The summed E-state index contributed by atoms with van der Waals surface area (Å²) in [6.45, 7) is 2.36. The molecule has 2 fully saturated rings. The standard InChI is InChI=1S/C12H20FN3O2.ClH/c13-3-7-16-8-4-14-10(12(16)18)9-11(17)15-5-1-2-6-15;/h10,14H,1-9H2;1H. The first-order chi connectivity index (χ1) is 8.72. The van der Waals surface area contributed by atoms with Crippen molar-refractivity contribution in [3.05, 3.63) is 0 Å². The maximum atomic E-state index is 12.3. The molecule has 0 saturated carbocycles. The Bertz CT molecular complexity index is 322. The average molecular weight is 294 g/mol. The van der Waals surface area contributed by atoms with Gasteiger partial charge < -0.3 is 15.1 Å². The molecule has 0 aromatic carbocycles. The van der Waals surface area contributed by atoms with Crippen LogP contribution in [0.4, 0.5) is 4.39 Å². The highest BCUT2D eigenvalue weighted by molar-refractivity contribution is 5.89. The number of likely N-dealkylation sites (tertiary alicyclic amines) is 1. The van der Waals surface area contributed by atoms with Gasteiger partial charge in [0.15, 0.2) is 0 Å². The molecule has 0 aromatic heterocycles. The number of amides is 2. The van der Waals surface area contributed by atoms with Gasteiger partial charge in [-0.25, -0.2) is 4.39 Å². The van der Waals surface area contributed by atoms with Gasteiger partial charge in [0, 0.05) is 32.7 Å². The normalized spacial score (nSPS) is 23.4. The van der Waals surface area contributed by atoms with Crippen LogP contribution in [-0.2, 0) is 9.59 Å². The van der Waals surface area contributed by atoms with Gasteiger partial charge in [-0.3, -0.25) is 9.59 Å². The predicted octanol–water partition coefficient (Wildman–Crippen LogP) is 0.191. The Hall–Kier alpha value is -0.880. The predicted molar refractivity (Wildman–Crippen MR) is 72.0 cm³/mol. The first-order valence-electron chi connectivity index (χ1n) is 6.58. The van der Waals surface area contributed by atoms with Gasteiger partial charge in [-0.2, -0.15) is 0 Å². The number of carbonyl (C=O) groups excluding carboxylic acids is 2. The molecule has 2 rings (SSSR count). The van der Waals surface area contributed by atoms with Crippen LogP contribution in [0, 0.1) is 0 Å². The summed E-state index contributed by atoms with van der Waals surface area (Å²) < 4.78 is 12.3. The Balaban J connectivity index is 0.00000180. The van der Waals surface area contributed by atoms with Gasteiger partial charge in [0.25, 0.3) is 0 Å². The smallest absolute Gasteiger partial charge is 0.240 e. The molecule has 1 unspecified atom stereocenters. The number of nitrogens with one attached hydrogen (secondary N) is 1. The number of carbonyl (C=O) groups is 2.